The number of nitrogens with zero attached hydrogens (tertiary/aromatic N) is 4. The molecule has 0 radical (unpaired) electrons. The minimum Gasteiger partial charge on any atom is -0.338 e. The molecule has 0 unspecified atom stereocenters. The maximum absolute atomic E-state index is 12.2. The third kappa shape index (κ3) is 3.58. The van der Waals surface area contributed by atoms with Crippen LogP contribution in [0.3, 0.4) is 0 Å². The van der Waals surface area contributed by atoms with Crippen LogP contribution in [0.1, 0.15) is 32.2 Å². The lowest BCUT2D eigenvalue weighted by Gasteiger charge is -2.21. The predicted octanol–water partition coefficient (Wildman–Crippen LogP) is 1.03. The smallest absolute Gasteiger partial charge is 0.320 e. The molecule has 7 nitrogen and oxygen atoms in total. The Morgan fingerprint density at radius 2 is 2.09 bits per heavy atom. The Morgan fingerprint density at radius 1 is 1.41 bits per heavy atom. The molecule has 7 heteroatoms. The third-order valence-electron chi connectivity index (χ3n) is 3.86. The maximum Gasteiger partial charge on any atom is 0.320 e. The van der Waals surface area contributed by atoms with E-state index < -0.39 is 0 Å². The number of nitrogens with one attached hydrogen (secondary N) is 1. The topological polar surface area (TPSA) is 72.5 Å². The Kier molecular flexibility index (Phi) is 4.44. The fourth-order valence-corrected chi connectivity index (χ4v) is 2.30. The number of H-pyrrole nitrogens is 1. The highest BCUT2D eigenvalue weighted by molar-refractivity contribution is 5.84. The summed E-state index contributed by atoms with van der Waals surface area (Å²) in [7, 11) is 3.49. The van der Waals surface area contributed by atoms with Gasteiger partial charge in [-0.05, 0) is 6.07 Å². The minimum absolute atomic E-state index is 0.0239. The second kappa shape index (κ2) is 5.98. The van der Waals surface area contributed by atoms with Crippen LogP contribution in [0.2, 0.25) is 0 Å². The average molecular weight is 307 g/mol. The molecule has 1 aromatic rings. The zero-order chi connectivity index (χ0) is 16.5. The van der Waals surface area contributed by atoms with Crippen molar-refractivity contribution < 1.29 is 9.59 Å². The lowest BCUT2D eigenvalue weighted by Crippen LogP contribution is -2.40. The van der Waals surface area contributed by atoms with E-state index in [1.54, 1.807) is 28.8 Å². The largest absolute Gasteiger partial charge is 0.338 e. The molecule has 1 aliphatic rings. The van der Waals surface area contributed by atoms with Crippen molar-refractivity contribution in [3.05, 3.63) is 17.5 Å². The quantitative estimate of drug-likeness (QED) is 0.903. The summed E-state index contributed by atoms with van der Waals surface area (Å²) in [5.41, 5.74) is 1.84. The fourth-order valence-electron chi connectivity index (χ4n) is 2.30. The van der Waals surface area contributed by atoms with E-state index in [2.05, 4.69) is 31.0 Å². The highest BCUT2D eigenvalue weighted by Crippen LogP contribution is 2.20. The first-order chi connectivity index (χ1) is 10.2. The molecule has 1 N–H and O–H groups in total. The molecule has 1 saturated heterocycles. The van der Waals surface area contributed by atoms with Crippen LogP contribution in [-0.2, 0) is 16.8 Å². The first kappa shape index (κ1) is 16.3. The minimum atomic E-state index is -0.0849. The Balaban J connectivity index is 1.91. The molecule has 22 heavy (non-hydrogen) atoms. The summed E-state index contributed by atoms with van der Waals surface area (Å²) >= 11 is 0. The van der Waals surface area contributed by atoms with Crippen molar-refractivity contribution >= 4 is 11.9 Å². The summed E-state index contributed by atoms with van der Waals surface area (Å²) < 4.78 is 0. The number of amides is 3. The van der Waals surface area contributed by atoms with Gasteiger partial charge in [-0.1, -0.05) is 20.8 Å². The fraction of sp³-hybridized carbons (Fsp3) is 0.667. The van der Waals surface area contributed by atoms with E-state index in [0.29, 0.717) is 19.6 Å². The van der Waals surface area contributed by atoms with Crippen molar-refractivity contribution in [1.82, 2.24) is 24.9 Å². The standard InChI is InChI=1S/C15H25N5O2/c1-15(2,3)12-8-11(16-17-12)9-19(5)13(21)10-20-7-6-18(4)14(20)22/h8H,6-7,9-10H2,1-5H3,(H,16,17). The molecule has 0 aromatic carbocycles. The van der Waals surface area contributed by atoms with Gasteiger partial charge in [0.1, 0.15) is 6.54 Å². The van der Waals surface area contributed by atoms with Gasteiger partial charge in [-0.3, -0.25) is 9.89 Å². The normalized spacial score (nSPS) is 15.6. The Morgan fingerprint density at radius 3 is 2.59 bits per heavy atom. The van der Waals surface area contributed by atoms with E-state index in [1.165, 1.54) is 0 Å². The molecule has 0 bridgehead atoms. The second-order valence-electron chi connectivity index (χ2n) is 6.90. The first-order valence-electron chi connectivity index (χ1n) is 7.47. The number of aromatic amines is 1. The molecule has 2 rings (SSSR count). The molecule has 0 spiro atoms. The van der Waals surface area contributed by atoms with Crippen molar-refractivity contribution in [1.29, 1.82) is 0 Å². The van der Waals surface area contributed by atoms with E-state index in [4.69, 9.17) is 0 Å². The number of hydrogen-bond donors (Lipinski definition) is 1. The summed E-state index contributed by atoms with van der Waals surface area (Å²) in [6.45, 7) is 8.14. The molecular formula is C15H25N5O2. The highest BCUT2D eigenvalue weighted by Gasteiger charge is 2.28. The van der Waals surface area contributed by atoms with Gasteiger partial charge < -0.3 is 14.7 Å². The van der Waals surface area contributed by atoms with Crippen molar-refractivity contribution in [3.63, 3.8) is 0 Å². The third-order valence-corrected chi connectivity index (χ3v) is 3.86. The Hall–Kier alpha value is -2.05. The van der Waals surface area contributed by atoms with Gasteiger partial charge in [-0.15, -0.1) is 0 Å². The van der Waals surface area contributed by atoms with Crippen molar-refractivity contribution in [2.45, 2.75) is 32.7 Å². The number of aromatic nitrogens is 2. The molecule has 0 atom stereocenters. The summed E-state index contributed by atoms with van der Waals surface area (Å²) in [5, 5.41) is 7.27. The predicted molar refractivity (Wildman–Crippen MR) is 83.4 cm³/mol. The van der Waals surface area contributed by atoms with Crippen LogP contribution in [0, 0.1) is 0 Å². The molecule has 122 valence electrons. The van der Waals surface area contributed by atoms with E-state index in [1.807, 2.05) is 6.07 Å². The SMILES string of the molecule is CN(Cc1cc(C(C)(C)C)n[nH]1)C(=O)CN1CCN(C)C1=O. The first-order valence-corrected chi connectivity index (χ1v) is 7.47. The van der Waals surface area contributed by atoms with Crippen LogP contribution >= 0.6 is 0 Å². The van der Waals surface area contributed by atoms with Crippen molar-refractivity contribution in [3.8, 4) is 0 Å². The van der Waals surface area contributed by atoms with Gasteiger partial charge in [0, 0.05) is 32.6 Å². The molecular weight excluding hydrogens is 282 g/mol. The van der Waals surface area contributed by atoms with Crippen LogP contribution in [-0.4, -0.2) is 70.6 Å². The van der Waals surface area contributed by atoms with Gasteiger partial charge >= 0.3 is 6.03 Å². The summed E-state index contributed by atoms with van der Waals surface area (Å²) in [6, 6.07) is 1.90. The van der Waals surface area contributed by atoms with E-state index in [9.17, 15) is 9.59 Å². The van der Waals surface area contributed by atoms with E-state index in [-0.39, 0.29) is 23.9 Å². The van der Waals surface area contributed by atoms with Gasteiger partial charge in [-0.2, -0.15) is 5.10 Å². The highest BCUT2D eigenvalue weighted by atomic mass is 16.2. The molecule has 3 amide bonds. The summed E-state index contributed by atoms with van der Waals surface area (Å²) in [5.74, 6) is -0.0736. The zero-order valence-corrected chi connectivity index (χ0v) is 14.0. The van der Waals surface area contributed by atoms with Crippen LogP contribution in [0.5, 0.6) is 0 Å². The lowest BCUT2D eigenvalue weighted by molar-refractivity contribution is -0.130. The van der Waals surface area contributed by atoms with E-state index in [0.717, 1.165) is 11.4 Å². The zero-order valence-electron chi connectivity index (χ0n) is 14.0. The number of likely N-dealkylation sites (N-methyl/N-ethyl adjacent to an activating group) is 2. The Bertz CT molecular complexity index is 561. The number of carbonyl (C=O) groups excluding carboxylic acids is 2. The van der Waals surface area contributed by atoms with Gasteiger partial charge in [0.15, 0.2) is 0 Å². The Labute approximate surface area is 131 Å². The van der Waals surface area contributed by atoms with Crippen molar-refractivity contribution in [2.24, 2.45) is 0 Å². The number of rotatable bonds is 4. The van der Waals surface area contributed by atoms with Crippen LogP contribution < -0.4 is 0 Å². The van der Waals surface area contributed by atoms with Gasteiger partial charge in [0.2, 0.25) is 5.91 Å². The number of carbonyl (C=O) groups is 2. The lowest BCUT2D eigenvalue weighted by atomic mass is 9.92. The molecule has 1 aromatic heterocycles. The summed E-state index contributed by atoms with van der Waals surface area (Å²) in [6.07, 6.45) is 0. The molecule has 2 heterocycles. The average Bonchev–Trinajstić information content (AvgIpc) is 3.00. The molecule has 0 saturated carbocycles. The molecule has 1 aliphatic heterocycles. The van der Waals surface area contributed by atoms with Crippen molar-refractivity contribution in [2.75, 3.05) is 33.7 Å². The number of hydrogen-bond acceptors (Lipinski definition) is 3. The molecule has 0 aliphatic carbocycles. The van der Waals surface area contributed by atoms with Gasteiger partial charge in [-0.25, -0.2) is 4.79 Å². The monoisotopic (exact) mass is 307 g/mol. The van der Waals surface area contributed by atoms with Crippen LogP contribution in [0.4, 0.5) is 4.79 Å². The van der Waals surface area contributed by atoms with E-state index >= 15 is 0 Å². The number of urea groups is 1. The second-order valence-corrected chi connectivity index (χ2v) is 6.90. The van der Waals surface area contributed by atoms with Gasteiger partial charge in [0.05, 0.1) is 17.9 Å². The van der Waals surface area contributed by atoms with Gasteiger partial charge in [0.25, 0.3) is 0 Å². The molecule has 1 fully saturated rings. The van der Waals surface area contributed by atoms with Crippen LogP contribution in [0.25, 0.3) is 0 Å². The maximum atomic E-state index is 12.2. The summed E-state index contributed by atoms with van der Waals surface area (Å²) in [4.78, 5) is 28.9. The van der Waals surface area contributed by atoms with Crippen LogP contribution in [0.15, 0.2) is 6.07 Å².